The largest absolute Gasteiger partial charge is 0.480 e. The molecule has 2 N–H and O–H groups in total. The summed E-state index contributed by atoms with van der Waals surface area (Å²) in [5.74, 6) is -1.11. The Kier molecular flexibility index (Phi) is 4.12. The maximum absolute atomic E-state index is 12.2. The molecule has 2 rings (SSSR count). The van der Waals surface area contributed by atoms with Crippen LogP contribution in [0.2, 0.25) is 0 Å². The molecule has 110 valence electrons. The zero-order valence-electron chi connectivity index (χ0n) is 11.2. The first-order valence-corrected chi connectivity index (χ1v) is 7.82. The number of carboxylic acids is 1. The molecule has 1 fully saturated rings. The maximum Gasteiger partial charge on any atom is 0.324 e. The molecule has 0 radical (unpaired) electrons. The van der Waals surface area contributed by atoms with E-state index >= 15 is 0 Å². The minimum atomic E-state index is -3.82. The van der Waals surface area contributed by atoms with Crippen molar-refractivity contribution in [3.63, 3.8) is 0 Å². The summed E-state index contributed by atoms with van der Waals surface area (Å²) in [6.45, 7) is 0.200. The van der Waals surface area contributed by atoms with Gasteiger partial charge in [0, 0.05) is 13.6 Å². The zero-order chi connectivity index (χ0) is 14.8. The summed E-state index contributed by atoms with van der Waals surface area (Å²) in [7, 11) is -2.39. The fourth-order valence-corrected chi connectivity index (χ4v) is 3.40. The van der Waals surface area contributed by atoms with Crippen LogP contribution in [0.25, 0.3) is 0 Å². The zero-order valence-corrected chi connectivity index (χ0v) is 12.1. The van der Waals surface area contributed by atoms with E-state index in [2.05, 4.69) is 4.72 Å². The van der Waals surface area contributed by atoms with Crippen LogP contribution < -0.4 is 4.72 Å². The molecule has 6 nitrogen and oxygen atoms in total. The highest BCUT2D eigenvalue weighted by molar-refractivity contribution is 7.87. The van der Waals surface area contributed by atoms with Crippen molar-refractivity contribution < 1.29 is 18.3 Å². The molecule has 0 bridgehead atoms. The van der Waals surface area contributed by atoms with Gasteiger partial charge in [0.2, 0.25) is 0 Å². The van der Waals surface area contributed by atoms with Gasteiger partial charge in [0.05, 0.1) is 0 Å². The van der Waals surface area contributed by atoms with Gasteiger partial charge in [0.1, 0.15) is 5.54 Å². The van der Waals surface area contributed by atoms with Crippen LogP contribution in [0.3, 0.4) is 0 Å². The van der Waals surface area contributed by atoms with Gasteiger partial charge in [-0.05, 0) is 24.8 Å². The lowest BCUT2D eigenvalue weighted by atomic mass is 9.78. The standard InChI is InChI=1S/C13H18N2O4S/c1-15(10-11-6-3-2-4-7-11)20(18,19)14-13(12(16)17)8-5-9-13/h2-4,6-7,14H,5,8-10H2,1H3,(H,16,17). The fourth-order valence-electron chi connectivity index (χ4n) is 2.14. The summed E-state index contributed by atoms with van der Waals surface area (Å²) >= 11 is 0. The number of nitrogens with zero attached hydrogens (tertiary/aromatic N) is 1. The molecule has 0 heterocycles. The van der Waals surface area contributed by atoms with Crippen molar-refractivity contribution in [2.24, 2.45) is 0 Å². The summed E-state index contributed by atoms with van der Waals surface area (Å²) in [5, 5.41) is 9.17. The van der Waals surface area contributed by atoms with Crippen molar-refractivity contribution in [3.05, 3.63) is 35.9 Å². The van der Waals surface area contributed by atoms with Gasteiger partial charge in [-0.2, -0.15) is 17.4 Å². The van der Waals surface area contributed by atoms with E-state index in [4.69, 9.17) is 0 Å². The van der Waals surface area contributed by atoms with E-state index in [0.29, 0.717) is 12.8 Å². The molecular formula is C13H18N2O4S. The highest BCUT2D eigenvalue weighted by Crippen LogP contribution is 2.33. The highest BCUT2D eigenvalue weighted by atomic mass is 32.2. The van der Waals surface area contributed by atoms with Crippen molar-refractivity contribution >= 4 is 16.2 Å². The minimum absolute atomic E-state index is 0.200. The molecule has 0 amide bonds. The number of carboxylic acid groups (broad SMARTS) is 1. The number of aliphatic carboxylic acids is 1. The van der Waals surface area contributed by atoms with Crippen LogP contribution in [-0.2, 0) is 21.5 Å². The molecule has 0 unspecified atom stereocenters. The van der Waals surface area contributed by atoms with Gasteiger partial charge in [-0.25, -0.2) is 0 Å². The average Bonchev–Trinajstić information content (AvgIpc) is 2.34. The van der Waals surface area contributed by atoms with Crippen molar-refractivity contribution in [2.45, 2.75) is 31.3 Å². The first-order chi connectivity index (χ1) is 9.36. The monoisotopic (exact) mass is 298 g/mol. The van der Waals surface area contributed by atoms with E-state index in [1.807, 2.05) is 30.3 Å². The molecule has 0 saturated heterocycles. The molecule has 1 aliphatic carbocycles. The topological polar surface area (TPSA) is 86.7 Å². The Morgan fingerprint density at radius 1 is 1.35 bits per heavy atom. The molecule has 7 heteroatoms. The maximum atomic E-state index is 12.2. The van der Waals surface area contributed by atoms with Crippen LogP contribution >= 0.6 is 0 Å². The number of rotatable bonds is 6. The Labute approximate surface area is 118 Å². The number of carbonyl (C=O) groups is 1. The van der Waals surface area contributed by atoms with Gasteiger partial charge >= 0.3 is 5.97 Å². The molecule has 1 aromatic rings. The van der Waals surface area contributed by atoms with Crippen LogP contribution in [0.15, 0.2) is 30.3 Å². The van der Waals surface area contributed by atoms with Gasteiger partial charge in [0.15, 0.2) is 0 Å². The quantitative estimate of drug-likeness (QED) is 0.819. The predicted molar refractivity (Wildman–Crippen MR) is 74.2 cm³/mol. The SMILES string of the molecule is CN(Cc1ccccc1)S(=O)(=O)NC1(C(=O)O)CCC1. The van der Waals surface area contributed by atoms with Crippen LogP contribution in [0, 0.1) is 0 Å². The molecule has 0 spiro atoms. The molecular weight excluding hydrogens is 280 g/mol. The van der Waals surface area contributed by atoms with E-state index < -0.39 is 21.7 Å². The van der Waals surface area contributed by atoms with Gasteiger partial charge in [0.25, 0.3) is 10.2 Å². The normalized spacial score (nSPS) is 17.7. The van der Waals surface area contributed by atoms with E-state index in [1.165, 1.54) is 7.05 Å². The summed E-state index contributed by atoms with van der Waals surface area (Å²) in [4.78, 5) is 11.2. The van der Waals surface area contributed by atoms with E-state index in [9.17, 15) is 18.3 Å². The molecule has 20 heavy (non-hydrogen) atoms. The molecule has 0 atom stereocenters. The van der Waals surface area contributed by atoms with Gasteiger partial charge in [-0.15, -0.1) is 0 Å². The number of benzene rings is 1. The molecule has 1 saturated carbocycles. The predicted octanol–water partition coefficient (Wildman–Crippen LogP) is 0.960. The van der Waals surface area contributed by atoms with Crippen LogP contribution in [0.5, 0.6) is 0 Å². The lowest BCUT2D eigenvalue weighted by molar-refractivity contribution is -0.147. The first-order valence-electron chi connectivity index (χ1n) is 6.38. The molecule has 1 aromatic carbocycles. The second-order valence-corrected chi connectivity index (χ2v) is 6.87. The summed E-state index contributed by atoms with van der Waals surface area (Å²) < 4.78 is 27.9. The van der Waals surface area contributed by atoms with E-state index in [0.717, 1.165) is 16.3 Å². The second-order valence-electron chi connectivity index (χ2n) is 5.09. The third-order valence-electron chi connectivity index (χ3n) is 3.60. The van der Waals surface area contributed by atoms with Gasteiger partial charge in [-0.3, -0.25) is 4.79 Å². The summed E-state index contributed by atoms with van der Waals surface area (Å²) in [6, 6.07) is 9.15. The Hall–Kier alpha value is -1.44. The first kappa shape index (κ1) is 15.0. The molecule has 0 aliphatic heterocycles. The number of nitrogens with one attached hydrogen (secondary N) is 1. The third kappa shape index (κ3) is 3.00. The highest BCUT2D eigenvalue weighted by Gasteiger charge is 2.48. The van der Waals surface area contributed by atoms with Crippen molar-refractivity contribution in [1.29, 1.82) is 0 Å². The summed E-state index contributed by atoms with van der Waals surface area (Å²) in [6.07, 6.45) is 1.39. The summed E-state index contributed by atoms with van der Waals surface area (Å²) in [5.41, 5.74) is -0.484. The minimum Gasteiger partial charge on any atom is -0.480 e. The van der Waals surface area contributed by atoms with Crippen LogP contribution in [0.4, 0.5) is 0 Å². The van der Waals surface area contributed by atoms with Gasteiger partial charge < -0.3 is 5.11 Å². The third-order valence-corrected chi connectivity index (χ3v) is 5.20. The van der Waals surface area contributed by atoms with E-state index in [1.54, 1.807) is 0 Å². The van der Waals surface area contributed by atoms with Crippen LogP contribution in [0.1, 0.15) is 24.8 Å². The van der Waals surface area contributed by atoms with E-state index in [-0.39, 0.29) is 6.54 Å². The lowest BCUT2D eigenvalue weighted by Gasteiger charge is -2.38. The Bertz CT molecular complexity index is 582. The van der Waals surface area contributed by atoms with Gasteiger partial charge in [-0.1, -0.05) is 30.3 Å². The fraction of sp³-hybridized carbons (Fsp3) is 0.462. The second kappa shape index (κ2) is 5.51. The number of hydrogen-bond donors (Lipinski definition) is 2. The molecule has 1 aliphatic rings. The molecule has 0 aromatic heterocycles. The van der Waals surface area contributed by atoms with Crippen molar-refractivity contribution in [3.8, 4) is 0 Å². The van der Waals surface area contributed by atoms with Crippen LogP contribution in [-0.4, -0.2) is 36.4 Å². The Morgan fingerprint density at radius 3 is 2.40 bits per heavy atom. The van der Waals surface area contributed by atoms with Crippen molar-refractivity contribution in [2.75, 3.05) is 7.05 Å². The average molecular weight is 298 g/mol. The lowest BCUT2D eigenvalue weighted by Crippen LogP contribution is -2.61. The Morgan fingerprint density at radius 2 is 1.95 bits per heavy atom. The number of hydrogen-bond acceptors (Lipinski definition) is 3. The smallest absolute Gasteiger partial charge is 0.324 e. The Balaban J connectivity index is 2.08. The van der Waals surface area contributed by atoms with Crippen molar-refractivity contribution in [1.82, 2.24) is 9.03 Å².